The highest BCUT2D eigenvalue weighted by atomic mass is 16.6. The number of nitrogens with zero attached hydrogens (tertiary/aromatic N) is 9. The maximum atomic E-state index is 13.0. The number of aromatic nitrogens is 4. The fraction of sp³-hybridized carbons (Fsp3) is 0.298. The summed E-state index contributed by atoms with van der Waals surface area (Å²) in [5.41, 5.74) is 6.28. The zero-order valence-corrected chi connectivity index (χ0v) is 40.9. The van der Waals surface area contributed by atoms with Crippen LogP contribution in [-0.4, -0.2) is 99.4 Å². The van der Waals surface area contributed by atoms with Crippen LogP contribution in [0.15, 0.2) is 152 Å². The topological polar surface area (TPSA) is 155 Å². The number of nitriles is 2. The molecule has 2 aromatic heterocycles. The molecule has 5 aromatic carbocycles. The Bertz CT molecular complexity index is 2870. The number of likely N-dealkylation sites (tertiary alicyclic amines) is 2. The Labute approximate surface area is 416 Å². The molecule has 4 heterocycles. The first-order valence-electron chi connectivity index (χ1n) is 24.0. The molecule has 0 atom stereocenters. The molecule has 2 aliphatic heterocycles. The number of carbonyl (C=O) groups excluding carboxylic acids is 2. The standard InChI is InChI=1S/C25H27N5O2.C18H13N3O3.C14H21N/c1-28(22-10-12-29(13-11-22)16-19-6-4-3-5-7-19)25(31)30-17-23(27-18-30)20-8-9-24(32-2)21(14-20)15-26;1-23-17-8-7-13(9-14(17)10-19)16-11-21(12-20-16)18(22)24-15-5-3-2-4-6-15;1-2-13-8-10-15(11-9-13)12-14-6-4-3-5-7-14/h3-9,14,17-18,22H,10-13,16H2,1-2H3;2-9,11-12H,1H3;3-7,13H,2,8-12H2,1H3. The molecule has 0 spiro atoms. The van der Waals surface area contributed by atoms with Crippen LogP contribution in [0.4, 0.5) is 9.59 Å². The monoisotopic (exact) mass is 951 g/mol. The minimum Gasteiger partial charge on any atom is -0.495 e. The second-order valence-corrected chi connectivity index (χ2v) is 17.6. The Morgan fingerprint density at radius 2 is 1.08 bits per heavy atom. The van der Waals surface area contributed by atoms with Crippen LogP contribution in [0.25, 0.3) is 22.5 Å². The number of hydrogen-bond donors (Lipinski definition) is 0. The van der Waals surface area contributed by atoms with Gasteiger partial charge >= 0.3 is 12.1 Å². The minimum absolute atomic E-state index is 0.0979. The maximum Gasteiger partial charge on any atom is 0.424 e. The SMILES string of the molecule is CCC1CCN(Cc2ccccc2)CC1.COc1ccc(-c2cn(C(=O)N(C)C3CCN(Cc4ccccc4)CC3)cn2)cc1C#N.COc1ccc(-c2cn(C(=O)Oc3ccccc3)cn2)cc1C#N. The van der Waals surface area contributed by atoms with Gasteiger partial charge in [-0.15, -0.1) is 0 Å². The van der Waals surface area contributed by atoms with Crippen molar-refractivity contribution in [1.29, 1.82) is 10.5 Å². The molecule has 0 unspecified atom stereocenters. The Morgan fingerprint density at radius 1 is 0.634 bits per heavy atom. The van der Waals surface area contributed by atoms with Gasteiger partial charge in [0.05, 0.1) is 36.7 Å². The molecule has 14 heteroatoms. The molecule has 0 saturated carbocycles. The smallest absolute Gasteiger partial charge is 0.424 e. The number of amides is 1. The number of benzene rings is 5. The first-order valence-corrected chi connectivity index (χ1v) is 24.0. The van der Waals surface area contributed by atoms with Gasteiger partial charge < -0.3 is 19.1 Å². The predicted molar refractivity (Wildman–Crippen MR) is 274 cm³/mol. The average Bonchev–Trinajstić information content (AvgIpc) is 4.14. The van der Waals surface area contributed by atoms with Gasteiger partial charge in [-0.2, -0.15) is 10.5 Å². The number of carbonyl (C=O) groups is 2. The highest BCUT2D eigenvalue weighted by Gasteiger charge is 2.27. The van der Waals surface area contributed by atoms with E-state index in [1.165, 1.54) is 79.5 Å². The van der Waals surface area contributed by atoms with E-state index in [1.807, 2.05) is 30.1 Å². The number of piperidine rings is 2. The molecule has 7 aromatic rings. The number of rotatable bonds is 11. The predicted octanol–water partition coefficient (Wildman–Crippen LogP) is 10.8. The van der Waals surface area contributed by atoms with Crippen molar-refractivity contribution in [3.63, 3.8) is 0 Å². The first-order chi connectivity index (χ1) is 34.7. The third kappa shape index (κ3) is 14.0. The molecule has 1 amide bonds. The summed E-state index contributed by atoms with van der Waals surface area (Å²) in [5.74, 6) is 2.44. The van der Waals surface area contributed by atoms with Crippen molar-refractivity contribution >= 4 is 12.1 Å². The van der Waals surface area contributed by atoms with Crippen LogP contribution in [-0.2, 0) is 13.1 Å². The van der Waals surface area contributed by atoms with E-state index in [1.54, 1.807) is 67.0 Å². The van der Waals surface area contributed by atoms with Crippen LogP contribution in [0, 0.1) is 28.6 Å². The number of methoxy groups -OCH3 is 2. The molecule has 2 aliphatic rings. The van der Waals surface area contributed by atoms with E-state index in [0.29, 0.717) is 45.3 Å². The van der Waals surface area contributed by atoms with Crippen LogP contribution in [0.1, 0.15) is 61.3 Å². The lowest BCUT2D eigenvalue weighted by atomic mass is 9.94. The molecule has 0 aliphatic carbocycles. The summed E-state index contributed by atoms with van der Waals surface area (Å²) in [5, 5.41) is 18.5. The Morgan fingerprint density at radius 3 is 1.55 bits per heavy atom. The summed E-state index contributed by atoms with van der Waals surface area (Å²) < 4.78 is 18.3. The third-order valence-corrected chi connectivity index (χ3v) is 13.0. The van der Waals surface area contributed by atoms with Crippen molar-refractivity contribution in [3.8, 4) is 51.9 Å². The number of ether oxygens (including phenoxy) is 3. The fourth-order valence-corrected chi connectivity index (χ4v) is 8.74. The molecule has 9 rings (SSSR count). The number of imidazole rings is 2. The lowest BCUT2D eigenvalue weighted by molar-refractivity contribution is 0.132. The van der Waals surface area contributed by atoms with E-state index in [2.05, 4.69) is 93.4 Å². The zero-order chi connectivity index (χ0) is 50.0. The minimum atomic E-state index is -0.561. The largest absolute Gasteiger partial charge is 0.495 e. The van der Waals surface area contributed by atoms with Gasteiger partial charge in [0.15, 0.2) is 0 Å². The molecule has 14 nitrogen and oxygen atoms in total. The average molecular weight is 952 g/mol. The van der Waals surface area contributed by atoms with Crippen LogP contribution < -0.4 is 14.2 Å². The molecule has 2 fully saturated rings. The Hall–Kier alpha value is -8.04. The highest BCUT2D eigenvalue weighted by Crippen LogP contribution is 2.28. The van der Waals surface area contributed by atoms with Crippen molar-refractivity contribution in [1.82, 2.24) is 33.8 Å². The van der Waals surface area contributed by atoms with E-state index in [4.69, 9.17) is 19.5 Å². The van der Waals surface area contributed by atoms with Crippen LogP contribution in [0.3, 0.4) is 0 Å². The van der Waals surface area contributed by atoms with Gasteiger partial charge in [0.1, 0.15) is 42.0 Å². The van der Waals surface area contributed by atoms with Gasteiger partial charge in [-0.25, -0.2) is 24.1 Å². The van der Waals surface area contributed by atoms with Crippen LogP contribution in [0.5, 0.6) is 17.2 Å². The van der Waals surface area contributed by atoms with Crippen LogP contribution >= 0.6 is 0 Å². The molecule has 0 N–H and O–H groups in total. The summed E-state index contributed by atoms with van der Waals surface area (Å²) >= 11 is 0. The summed E-state index contributed by atoms with van der Waals surface area (Å²) in [6.45, 7) is 8.91. The molecular weight excluding hydrogens is 891 g/mol. The van der Waals surface area contributed by atoms with Crippen molar-refractivity contribution in [2.75, 3.05) is 47.4 Å². The molecule has 2 saturated heterocycles. The van der Waals surface area contributed by atoms with Crippen molar-refractivity contribution < 1.29 is 23.8 Å². The summed E-state index contributed by atoms with van der Waals surface area (Å²) in [6.07, 6.45) is 11.6. The maximum absolute atomic E-state index is 13.0. The second kappa shape index (κ2) is 25.5. The summed E-state index contributed by atoms with van der Waals surface area (Å²) in [6, 6.07) is 44.8. The van der Waals surface area contributed by atoms with E-state index in [9.17, 15) is 14.9 Å². The zero-order valence-electron chi connectivity index (χ0n) is 40.9. The number of para-hydroxylation sites is 1. The van der Waals surface area contributed by atoms with Gasteiger partial charge in [-0.1, -0.05) is 92.2 Å². The van der Waals surface area contributed by atoms with Crippen molar-refractivity contribution in [2.24, 2.45) is 5.92 Å². The van der Waals surface area contributed by atoms with Gasteiger partial charge in [0.2, 0.25) is 0 Å². The van der Waals surface area contributed by atoms with E-state index in [-0.39, 0.29) is 12.1 Å². The normalized spacial score (nSPS) is 14.1. The second-order valence-electron chi connectivity index (χ2n) is 17.6. The molecule has 0 radical (unpaired) electrons. The van der Waals surface area contributed by atoms with E-state index >= 15 is 0 Å². The lowest BCUT2D eigenvalue weighted by Crippen LogP contribution is -2.46. The van der Waals surface area contributed by atoms with Crippen molar-refractivity contribution in [2.45, 2.75) is 58.2 Å². The van der Waals surface area contributed by atoms with E-state index in [0.717, 1.165) is 50.5 Å². The van der Waals surface area contributed by atoms with Gasteiger partial charge in [-0.3, -0.25) is 14.4 Å². The Balaban J connectivity index is 0.000000167. The van der Waals surface area contributed by atoms with E-state index < -0.39 is 6.09 Å². The lowest BCUT2D eigenvalue weighted by Gasteiger charge is -2.36. The van der Waals surface area contributed by atoms with Gasteiger partial charge in [0.25, 0.3) is 0 Å². The Kier molecular flexibility index (Phi) is 18.3. The highest BCUT2D eigenvalue weighted by molar-refractivity contribution is 5.78. The first kappa shape index (κ1) is 50.8. The van der Waals surface area contributed by atoms with Crippen molar-refractivity contribution in [3.05, 3.63) is 175 Å². The fourth-order valence-electron chi connectivity index (χ4n) is 8.74. The summed E-state index contributed by atoms with van der Waals surface area (Å²) in [7, 11) is 4.90. The van der Waals surface area contributed by atoms with Gasteiger partial charge in [0, 0.05) is 62.8 Å². The molecular formula is C57H61N9O5. The molecule has 364 valence electrons. The van der Waals surface area contributed by atoms with Gasteiger partial charge in [-0.05, 0) is 104 Å². The third-order valence-electron chi connectivity index (χ3n) is 13.0. The number of hydrogen-bond acceptors (Lipinski definition) is 11. The van der Waals surface area contributed by atoms with Crippen LogP contribution in [0.2, 0.25) is 0 Å². The quantitative estimate of drug-likeness (QED) is 0.122. The molecule has 71 heavy (non-hydrogen) atoms. The molecule has 0 bridgehead atoms. The summed E-state index contributed by atoms with van der Waals surface area (Å²) in [4.78, 5) is 40.6.